The lowest BCUT2D eigenvalue weighted by Gasteiger charge is -2.17. The molecule has 20 heavy (non-hydrogen) atoms. The molecule has 1 rings (SSSR count). The second-order valence-corrected chi connectivity index (χ2v) is 3.94. The van der Waals surface area contributed by atoms with E-state index >= 15 is 0 Å². The SMILES string of the molecule is CC.CC.COCc1cccc(COC)c1OC(C)C. The van der Waals surface area contributed by atoms with Crippen molar-refractivity contribution in [1.29, 1.82) is 0 Å². The van der Waals surface area contributed by atoms with Gasteiger partial charge in [-0.05, 0) is 13.8 Å². The molecule has 118 valence electrons. The lowest BCUT2D eigenvalue weighted by Crippen LogP contribution is -2.10. The molecule has 3 heteroatoms. The Morgan fingerprint density at radius 2 is 1.25 bits per heavy atom. The normalized spacial score (nSPS) is 9.25. The molecule has 0 fully saturated rings. The minimum Gasteiger partial charge on any atom is -0.490 e. The summed E-state index contributed by atoms with van der Waals surface area (Å²) in [5.74, 6) is 0.890. The Hall–Kier alpha value is -1.06. The van der Waals surface area contributed by atoms with Crippen LogP contribution in [0.15, 0.2) is 18.2 Å². The quantitative estimate of drug-likeness (QED) is 0.749. The molecular formula is C17H32O3. The first-order chi connectivity index (χ1) is 9.69. The zero-order chi connectivity index (χ0) is 16.0. The van der Waals surface area contributed by atoms with Crippen molar-refractivity contribution >= 4 is 0 Å². The first-order valence-electron chi connectivity index (χ1n) is 7.44. The molecule has 0 aliphatic carbocycles. The van der Waals surface area contributed by atoms with E-state index in [0.29, 0.717) is 13.2 Å². The number of ether oxygens (including phenoxy) is 3. The molecule has 0 amide bonds. The van der Waals surface area contributed by atoms with Gasteiger partial charge in [0, 0.05) is 25.3 Å². The topological polar surface area (TPSA) is 27.7 Å². The fourth-order valence-corrected chi connectivity index (χ4v) is 1.56. The standard InChI is InChI=1S/C13H20O3.2C2H6/c1-10(2)16-13-11(8-14-3)6-5-7-12(13)9-15-4;2*1-2/h5-7,10H,8-9H2,1-4H3;2*1-2H3. The lowest BCUT2D eigenvalue weighted by atomic mass is 10.1. The van der Waals surface area contributed by atoms with E-state index in [1.165, 1.54) is 0 Å². The molecule has 1 aromatic rings. The average molecular weight is 284 g/mol. The van der Waals surface area contributed by atoms with Crippen LogP contribution in [0.2, 0.25) is 0 Å². The number of methoxy groups -OCH3 is 2. The van der Waals surface area contributed by atoms with E-state index in [1.54, 1.807) is 14.2 Å². The number of hydrogen-bond acceptors (Lipinski definition) is 3. The summed E-state index contributed by atoms with van der Waals surface area (Å²) in [6.45, 7) is 13.1. The summed E-state index contributed by atoms with van der Waals surface area (Å²) in [6.07, 6.45) is 0.147. The molecular weight excluding hydrogens is 252 g/mol. The molecule has 0 atom stereocenters. The van der Waals surface area contributed by atoms with Gasteiger partial charge in [-0.25, -0.2) is 0 Å². The molecule has 0 aliphatic heterocycles. The molecule has 0 radical (unpaired) electrons. The van der Waals surface area contributed by atoms with E-state index in [9.17, 15) is 0 Å². The van der Waals surface area contributed by atoms with Crippen LogP contribution < -0.4 is 4.74 Å². The summed E-state index contributed by atoms with van der Waals surface area (Å²) in [5, 5.41) is 0. The molecule has 0 aromatic heterocycles. The highest BCUT2D eigenvalue weighted by atomic mass is 16.5. The predicted molar refractivity (Wildman–Crippen MR) is 86.3 cm³/mol. The van der Waals surface area contributed by atoms with E-state index in [1.807, 2.05) is 59.7 Å². The zero-order valence-electron chi connectivity index (χ0n) is 14.4. The molecule has 0 bridgehead atoms. The Balaban J connectivity index is 0. The smallest absolute Gasteiger partial charge is 0.130 e. The largest absolute Gasteiger partial charge is 0.490 e. The zero-order valence-corrected chi connectivity index (χ0v) is 14.4. The van der Waals surface area contributed by atoms with Gasteiger partial charge in [-0.15, -0.1) is 0 Å². The van der Waals surface area contributed by atoms with Gasteiger partial charge in [-0.2, -0.15) is 0 Å². The molecule has 0 saturated carbocycles. The summed E-state index contributed by atoms with van der Waals surface area (Å²) in [4.78, 5) is 0. The Morgan fingerprint density at radius 3 is 1.55 bits per heavy atom. The van der Waals surface area contributed by atoms with E-state index in [4.69, 9.17) is 14.2 Å². The van der Waals surface area contributed by atoms with E-state index in [2.05, 4.69) is 0 Å². The van der Waals surface area contributed by atoms with Gasteiger partial charge >= 0.3 is 0 Å². The minimum atomic E-state index is 0.147. The van der Waals surface area contributed by atoms with Gasteiger partial charge in [0.05, 0.1) is 19.3 Å². The third kappa shape index (κ3) is 8.18. The fourth-order valence-electron chi connectivity index (χ4n) is 1.56. The summed E-state index contributed by atoms with van der Waals surface area (Å²) >= 11 is 0. The maximum absolute atomic E-state index is 5.82. The van der Waals surface area contributed by atoms with Crippen molar-refractivity contribution < 1.29 is 14.2 Å². The molecule has 0 N–H and O–H groups in total. The van der Waals surface area contributed by atoms with E-state index < -0.39 is 0 Å². The average Bonchev–Trinajstić information content (AvgIpc) is 2.47. The number of benzene rings is 1. The van der Waals surface area contributed by atoms with Gasteiger partial charge in [0.15, 0.2) is 0 Å². The number of para-hydroxylation sites is 1. The van der Waals surface area contributed by atoms with Gasteiger partial charge in [-0.3, -0.25) is 0 Å². The molecule has 0 aliphatic rings. The van der Waals surface area contributed by atoms with Crippen LogP contribution in [0.25, 0.3) is 0 Å². The maximum Gasteiger partial charge on any atom is 0.130 e. The summed E-state index contributed by atoms with van der Waals surface area (Å²) < 4.78 is 16.1. The molecule has 0 unspecified atom stereocenters. The Kier molecular flexibility index (Phi) is 15.2. The number of rotatable bonds is 6. The summed E-state index contributed by atoms with van der Waals surface area (Å²) in [6, 6.07) is 6.02. The van der Waals surface area contributed by atoms with Crippen LogP contribution in [0.5, 0.6) is 5.75 Å². The monoisotopic (exact) mass is 284 g/mol. The highest BCUT2D eigenvalue weighted by Gasteiger charge is 2.11. The van der Waals surface area contributed by atoms with Crippen LogP contribution in [-0.4, -0.2) is 20.3 Å². The first-order valence-corrected chi connectivity index (χ1v) is 7.44. The fraction of sp³-hybridized carbons (Fsp3) is 0.647. The molecule has 1 aromatic carbocycles. The van der Waals surface area contributed by atoms with Gasteiger partial charge in [0.1, 0.15) is 5.75 Å². The Bertz CT molecular complexity index is 298. The van der Waals surface area contributed by atoms with Crippen molar-refractivity contribution in [3.05, 3.63) is 29.3 Å². The highest BCUT2D eigenvalue weighted by Crippen LogP contribution is 2.26. The van der Waals surface area contributed by atoms with Crippen molar-refractivity contribution in [3.63, 3.8) is 0 Å². The van der Waals surface area contributed by atoms with Crippen molar-refractivity contribution in [3.8, 4) is 5.75 Å². The summed E-state index contributed by atoms with van der Waals surface area (Å²) in [5.41, 5.74) is 2.12. The van der Waals surface area contributed by atoms with E-state index in [-0.39, 0.29) is 6.10 Å². The van der Waals surface area contributed by atoms with Crippen LogP contribution in [0.3, 0.4) is 0 Å². The lowest BCUT2D eigenvalue weighted by molar-refractivity contribution is 0.163. The van der Waals surface area contributed by atoms with Crippen LogP contribution in [0.1, 0.15) is 52.7 Å². The first kappa shape index (κ1) is 21.2. The van der Waals surface area contributed by atoms with Gasteiger partial charge < -0.3 is 14.2 Å². The van der Waals surface area contributed by atoms with Gasteiger partial charge in [0.2, 0.25) is 0 Å². The Labute approximate surface area is 125 Å². The third-order valence-corrected chi connectivity index (χ3v) is 2.13. The second-order valence-electron chi connectivity index (χ2n) is 3.94. The van der Waals surface area contributed by atoms with Crippen LogP contribution >= 0.6 is 0 Å². The second kappa shape index (κ2) is 14.4. The molecule has 0 spiro atoms. The number of hydrogen-bond donors (Lipinski definition) is 0. The van der Waals surface area contributed by atoms with Gasteiger partial charge in [0.25, 0.3) is 0 Å². The third-order valence-electron chi connectivity index (χ3n) is 2.13. The molecule has 3 nitrogen and oxygen atoms in total. The van der Waals surface area contributed by atoms with Crippen LogP contribution in [-0.2, 0) is 22.7 Å². The van der Waals surface area contributed by atoms with Crippen molar-refractivity contribution in [2.45, 2.75) is 60.9 Å². The van der Waals surface area contributed by atoms with Crippen LogP contribution in [0.4, 0.5) is 0 Å². The summed E-state index contributed by atoms with van der Waals surface area (Å²) in [7, 11) is 3.37. The minimum absolute atomic E-state index is 0.147. The van der Waals surface area contributed by atoms with Crippen molar-refractivity contribution in [2.24, 2.45) is 0 Å². The molecule has 0 saturated heterocycles. The van der Waals surface area contributed by atoms with Crippen LogP contribution in [0, 0.1) is 0 Å². The highest BCUT2D eigenvalue weighted by molar-refractivity contribution is 5.41. The van der Waals surface area contributed by atoms with E-state index in [0.717, 1.165) is 16.9 Å². The predicted octanol–water partition coefficient (Wildman–Crippen LogP) is 4.82. The maximum atomic E-state index is 5.82. The Morgan fingerprint density at radius 1 is 0.850 bits per heavy atom. The van der Waals surface area contributed by atoms with Crippen molar-refractivity contribution in [2.75, 3.05) is 14.2 Å². The molecule has 0 heterocycles. The van der Waals surface area contributed by atoms with Gasteiger partial charge in [-0.1, -0.05) is 45.9 Å². The van der Waals surface area contributed by atoms with Crippen molar-refractivity contribution in [1.82, 2.24) is 0 Å².